The van der Waals surface area contributed by atoms with Crippen molar-refractivity contribution in [3.63, 3.8) is 0 Å². The monoisotopic (exact) mass is 320 g/mol. The van der Waals surface area contributed by atoms with E-state index in [0.717, 1.165) is 37.6 Å². The van der Waals surface area contributed by atoms with E-state index in [-0.39, 0.29) is 6.10 Å². The van der Waals surface area contributed by atoms with E-state index < -0.39 is 0 Å². The van der Waals surface area contributed by atoms with Gasteiger partial charge < -0.3 is 19.7 Å². The van der Waals surface area contributed by atoms with E-state index in [2.05, 4.69) is 10.2 Å². The maximum absolute atomic E-state index is 5.89. The highest BCUT2D eigenvalue weighted by Crippen LogP contribution is 2.27. The number of unbranched alkanes of at least 4 members (excludes halogenated alkanes) is 3. The first-order valence-electron chi connectivity index (χ1n) is 9.07. The minimum Gasteiger partial charge on any atom is -0.490 e. The molecule has 0 aromatic heterocycles. The Kier molecular flexibility index (Phi) is 8.26. The summed E-state index contributed by atoms with van der Waals surface area (Å²) < 4.78 is 11.7. The SMILES string of the molecule is CC(C)Oc1ccccc1OCCCCCCN1CCNCC1. The molecule has 1 aliphatic heterocycles. The second kappa shape index (κ2) is 10.5. The summed E-state index contributed by atoms with van der Waals surface area (Å²) in [4.78, 5) is 2.56. The molecule has 0 spiro atoms. The van der Waals surface area contributed by atoms with Crippen molar-refractivity contribution in [1.29, 1.82) is 0 Å². The molecule has 2 rings (SSSR count). The molecule has 0 saturated carbocycles. The van der Waals surface area contributed by atoms with Crippen molar-refractivity contribution in [3.8, 4) is 11.5 Å². The van der Waals surface area contributed by atoms with Crippen molar-refractivity contribution in [2.24, 2.45) is 0 Å². The molecule has 1 aromatic rings. The molecule has 0 bridgehead atoms. The fourth-order valence-electron chi connectivity index (χ4n) is 2.83. The van der Waals surface area contributed by atoms with E-state index in [0.29, 0.717) is 0 Å². The predicted molar refractivity (Wildman–Crippen MR) is 95.5 cm³/mol. The summed E-state index contributed by atoms with van der Waals surface area (Å²) in [5, 5.41) is 3.40. The van der Waals surface area contributed by atoms with E-state index in [1.165, 1.54) is 38.9 Å². The largest absolute Gasteiger partial charge is 0.490 e. The molecule has 0 amide bonds. The molecule has 0 aliphatic carbocycles. The van der Waals surface area contributed by atoms with Crippen LogP contribution in [0.3, 0.4) is 0 Å². The number of rotatable bonds is 10. The second-order valence-electron chi connectivity index (χ2n) is 6.47. The van der Waals surface area contributed by atoms with E-state index in [1.54, 1.807) is 0 Å². The molecule has 0 unspecified atom stereocenters. The highest BCUT2D eigenvalue weighted by molar-refractivity contribution is 5.39. The van der Waals surface area contributed by atoms with Crippen LogP contribution < -0.4 is 14.8 Å². The molecular formula is C19H32N2O2. The average Bonchev–Trinajstić information content (AvgIpc) is 2.56. The Labute approximate surface area is 141 Å². The summed E-state index contributed by atoms with van der Waals surface area (Å²) in [6.07, 6.45) is 5.10. The molecule has 1 aliphatic rings. The van der Waals surface area contributed by atoms with Gasteiger partial charge in [0.25, 0.3) is 0 Å². The van der Waals surface area contributed by atoms with Crippen LogP contribution in [0.4, 0.5) is 0 Å². The summed E-state index contributed by atoms with van der Waals surface area (Å²) in [5.74, 6) is 1.71. The van der Waals surface area contributed by atoms with Crippen LogP contribution in [-0.4, -0.2) is 50.3 Å². The van der Waals surface area contributed by atoms with Crippen LogP contribution >= 0.6 is 0 Å². The Morgan fingerprint density at radius 2 is 1.70 bits per heavy atom. The number of para-hydroxylation sites is 2. The quantitative estimate of drug-likeness (QED) is 0.671. The van der Waals surface area contributed by atoms with Crippen LogP contribution in [0.5, 0.6) is 11.5 Å². The van der Waals surface area contributed by atoms with Gasteiger partial charge in [0, 0.05) is 26.2 Å². The maximum Gasteiger partial charge on any atom is 0.161 e. The Balaban J connectivity index is 1.55. The summed E-state index contributed by atoms with van der Waals surface area (Å²) in [5.41, 5.74) is 0. The highest BCUT2D eigenvalue weighted by Gasteiger charge is 2.08. The summed E-state index contributed by atoms with van der Waals surface area (Å²) in [6.45, 7) is 10.8. The van der Waals surface area contributed by atoms with Gasteiger partial charge in [-0.25, -0.2) is 0 Å². The van der Waals surface area contributed by atoms with Crippen molar-refractivity contribution in [3.05, 3.63) is 24.3 Å². The van der Waals surface area contributed by atoms with Crippen LogP contribution in [0.2, 0.25) is 0 Å². The lowest BCUT2D eigenvalue weighted by molar-refractivity contribution is 0.218. The second-order valence-corrected chi connectivity index (χ2v) is 6.47. The highest BCUT2D eigenvalue weighted by atomic mass is 16.5. The van der Waals surface area contributed by atoms with Gasteiger partial charge in [0.1, 0.15) is 0 Å². The van der Waals surface area contributed by atoms with E-state index in [1.807, 2.05) is 38.1 Å². The molecule has 23 heavy (non-hydrogen) atoms. The molecule has 0 atom stereocenters. The molecule has 4 heteroatoms. The third kappa shape index (κ3) is 7.23. The molecule has 1 N–H and O–H groups in total. The third-order valence-corrected chi connectivity index (χ3v) is 4.05. The zero-order chi connectivity index (χ0) is 16.3. The number of ether oxygens (including phenoxy) is 2. The Bertz CT molecular complexity index is 431. The normalized spacial score (nSPS) is 15.8. The van der Waals surface area contributed by atoms with Crippen LogP contribution in [0, 0.1) is 0 Å². The van der Waals surface area contributed by atoms with Gasteiger partial charge in [-0.1, -0.05) is 25.0 Å². The smallest absolute Gasteiger partial charge is 0.161 e. The lowest BCUT2D eigenvalue weighted by Gasteiger charge is -2.27. The minimum atomic E-state index is 0.171. The first kappa shape index (κ1) is 18.1. The lowest BCUT2D eigenvalue weighted by atomic mass is 10.2. The molecule has 1 saturated heterocycles. The maximum atomic E-state index is 5.89. The molecule has 1 fully saturated rings. The zero-order valence-electron chi connectivity index (χ0n) is 14.7. The summed E-state index contributed by atoms with van der Waals surface area (Å²) >= 11 is 0. The van der Waals surface area contributed by atoms with Gasteiger partial charge in [0.05, 0.1) is 12.7 Å². The number of hydrogen-bond donors (Lipinski definition) is 1. The number of nitrogens with zero attached hydrogens (tertiary/aromatic N) is 1. The standard InChI is InChI=1S/C19H32N2O2/c1-17(2)23-19-10-6-5-9-18(19)22-16-8-4-3-7-13-21-14-11-20-12-15-21/h5-6,9-10,17,20H,3-4,7-8,11-16H2,1-2H3. The van der Waals surface area contributed by atoms with Gasteiger partial charge in [-0.3, -0.25) is 0 Å². The Morgan fingerprint density at radius 1 is 1.00 bits per heavy atom. The van der Waals surface area contributed by atoms with Crippen molar-refractivity contribution in [2.45, 2.75) is 45.6 Å². The molecule has 130 valence electrons. The number of hydrogen-bond acceptors (Lipinski definition) is 4. The number of piperazine rings is 1. The van der Waals surface area contributed by atoms with Crippen LogP contribution in [0.25, 0.3) is 0 Å². The van der Waals surface area contributed by atoms with Crippen molar-refractivity contribution < 1.29 is 9.47 Å². The molecule has 1 heterocycles. The Morgan fingerprint density at radius 3 is 2.43 bits per heavy atom. The van der Waals surface area contributed by atoms with Gasteiger partial charge >= 0.3 is 0 Å². The zero-order valence-corrected chi connectivity index (χ0v) is 14.7. The van der Waals surface area contributed by atoms with Crippen molar-refractivity contribution in [1.82, 2.24) is 10.2 Å². The topological polar surface area (TPSA) is 33.7 Å². The van der Waals surface area contributed by atoms with Gasteiger partial charge in [0.2, 0.25) is 0 Å². The fourth-order valence-corrected chi connectivity index (χ4v) is 2.83. The van der Waals surface area contributed by atoms with Gasteiger partial charge in [0.15, 0.2) is 11.5 Å². The van der Waals surface area contributed by atoms with E-state index in [4.69, 9.17) is 9.47 Å². The minimum absolute atomic E-state index is 0.171. The number of nitrogens with one attached hydrogen (secondary N) is 1. The van der Waals surface area contributed by atoms with Crippen molar-refractivity contribution >= 4 is 0 Å². The van der Waals surface area contributed by atoms with Gasteiger partial charge in [-0.15, -0.1) is 0 Å². The molecule has 0 radical (unpaired) electrons. The summed E-state index contributed by atoms with van der Waals surface area (Å²) in [6, 6.07) is 7.95. The summed E-state index contributed by atoms with van der Waals surface area (Å²) in [7, 11) is 0. The van der Waals surface area contributed by atoms with Gasteiger partial charge in [-0.2, -0.15) is 0 Å². The van der Waals surface area contributed by atoms with Crippen LogP contribution in [0.15, 0.2) is 24.3 Å². The fraction of sp³-hybridized carbons (Fsp3) is 0.684. The van der Waals surface area contributed by atoms with Crippen LogP contribution in [0.1, 0.15) is 39.5 Å². The first-order chi connectivity index (χ1) is 11.3. The Hall–Kier alpha value is -1.26. The average molecular weight is 320 g/mol. The molecular weight excluding hydrogens is 288 g/mol. The van der Waals surface area contributed by atoms with Gasteiger partial charge in [-0.05, 0) is 45.4 Å². The van der Waals surface area contributed by atoms with E-state index in [9.17, 15) is 0 Å². The third-order valence-electron chi connectivity index (χ3n) is 4.05. The predicted octanol–water partition coefficient (Wildman–Crippen LogP) is 3.32. The number of benzene rings is 1. The van der Waals surface area contributed by atoms with Crippen LogP contribution in [-0.2, 0) is 0 Å². The molecule has 1 aromatic carbocycles. The first-order valence-corrected chi connectivity index (χ1v) is 9.07. The van der Waals surface area contributed by atoms with E-state index >= 15 is 0 Å². The lowest BCUT2D eigenvalue weighted by Crippen LogP contribution is -2.43. The van der Waals surface area contributed by atoms with Crippen molar-refractivity contribution in [2.75, 3.05) is 39.3 Å². The molecule has 4 nitrogen and oxygen atoms in total.